The number of imide groups is 1. The molecule has 0 aromatic heterocycles. The molecule has 0 radical (unpaired) electrons. The number of rotatable bonds is 3. The van der Waals surface area contributed by atoms with Crippen molar-refractivity contribution >= 4 is 23.9 Å². The van der Waals surface area contributed by atoms with Gasteiger partial charge in [-0.15, -0.1) is 0 Å². The molecule has 1 unspecified atom stereocenters. The molecular weight excluding hydrogens is 364 g/mol. The number of hydrogen-bond donors (Lipinski definition) is 2. The SMILES string of the molecule is CC(C)(C)OC(=O)N1CCC2(C1)NC(=O)N(Cc1ccc(C(N)=O)cc1)C2=O. The number of hydrogen-bond acceptors (Lipinski definition) is 5. The number of benzene rings is 1. The van der Waals surface area contributed by atoms with Crippen molar-refractivity contribution in [2.75, 3.05) is 13.1 Å². The van der Waals surface area contributed by atoms with Gasteiger partial charge < -0.3 is 20.7 Å². The van der Waals surface area contributed by atoms with Crippen LogP contribution >= 0.6 is 0 Å². The first kappa shape index (κ1) is 19.7. The Balaban J connectivity index is 1.70. The highest BCUT2D eigenvalue weighted by Crippen LogP contribution is 2.30. The first-order valence-electron chi connectivity index (χ1n) is 9.01. The summed E-state index contributed by atoms with van der Waals surface area (Å²) in [6.45, 7) is 5.77. The van der Waals surface area contributed by atoms with Gasteiger partial charge in [0.1, 0.15) is 11.1 Å². The van der Waals surface area contributed by atoms with Gasteiger partial charge in [0.25, 0.3) is 5.91 Å². The van der Waals surface area contributed by atoms with Crippen LogP contribution in [0, 0.1) is 0 Å². The number of likely N-dealkylation sites (tertiary alicyclic amines) is 1. The largest absolute Gasteiger partial charge is 0.444 e. The van der Waals surface area contributed by atoms with Crippen LogP contribution in [0.3, 0.4) is 0 Å². The molecule has 0 aliphatic carbocycles. The summed E-state index contributed by atoms with van der Waals surface area (Å²) in [5.41, 5.74) is 4.49. The number of ether oxygens (including phenoxy) is 1. The smallest absolute Gasteiger partial charge is 0.410 e. The Hall–Kier alpha value is -3.10. The van der Waals surface area contributed by atoms with Crippen molar-refractivity contribution in [3.05, 3.63) is 35.4 Å². The molecule has 1 aromatic carbocycles. The lowest BCUT2D eigenvalue weighted by molar-refractivity contribution is -0.131. The predicted molar refractivity (Wildman–Crippen MR) is 99.2 cm³/mol. The Morgan fingerprint density at radius 1 is 1.21 bits per heavy atom. The van der Waals surface area contributed by atoms with Gasteiger partial charge in [0.15, 0.2) is 0 Å². The van der Waals surface area contributed by atoms with Crippen molar-refractivity contribution in [1.29, 1.82) is 0 Å². The second-order valence-corrected chi connectivity index (χ2v) is 8.12. The molecule has 9 heteroatoms. The third kappa shape index (κ3) is 3.78. The second-order valence-electron chi connectivity index (χ2n) is 8.12. The molecule has 2 fully saturated rings. The van der Waals surface area contributed by atoms with Crippen LogP contribution in [0.15, 0.2) is 24.3 Å². The number of carbonyl (C=O) groups excluding carboxylic acids is 4. The van der Waals surface area contributed by atoms with Crippen LogP contribution in [-0.2, 0) is 16.1 Å². The zero-order valence-corrected chi connectivity index (χ0v) is 16.2. The van der Waals surface area contributed by atoms with E-state index in [-0.39, 0.29) is 19.0 Å². The van der Waals surface area contributed by atoms with Crippen LogP contribution in [0.1, 0.15) is 43.1 Å². The topological polar surface area (TPSA) is 122 Å². The van der Waals surface area contributed by atoms with E-state index in [1.54, 1.807) is 45.0 Å². The van der Waals surface area contributed by atoms with Crippen molar-refractivity contribution in [2.45, 2.75) is 44.9 Å². The molecule has 150 valence electrons. The molecule has 1 spiro atoms. The van der Waals surface area contributed by atoms with E-state index in [0.29, 0.717) is 24.1 Å². The summed E-state index contributed by atoms with van der Waals surface area (Å²) < 4.78 is 5.35. The molecule has 0 saturated carbocycles. The first-order valence-corrected chi connectivity index (χ1v) is 9.01. The van der Waals surface area contributed by atoms with Crippen LogP contribution in [0.4, 0.5) is 9.59 Å². The third-order valence-electron chi connectivity index (χ3n) is 4.75. The lowest BCUT2D eigenvalue weighted by Gasteiger charge is -2.25. The highest BCUT2D eigenvalue weighted by molar-refractivity contribution is 6.07. The zero-order chi connectivity index (χ0) is 20.7. The number of nitrogens with one attached hydrogen (secondary N) is 1. The minimum Gasteiger partial charge on any atom is -0.444 e. The fourth-order valence-corrected chi connectivity index (χ4v) is 3.35. The fraction of sp³-hybridized carbons (Fsp3) is 0.474. The molecule has 1 atom stereocenters. The molecule has 3 rings (SSSR count). The number of carbonyl (C=O) groups is 4. The number of primary amides is 1. The molecule has 28 heavy (non-hydrogen) atoms. The van der Waals surface area contributed by atoms with Gasteiger partial charge in [0, 0.05) is 12.1 Å². The van der Waals surface area contributed by atoms with Gasteiger partial charge in [0.2, 0.25) is 5.91 Å². The van der Waals surface area contributed by atoms with Gasteiger partial charge in [-0.2, -0.15) is 0 Å². The quantitative estimate of drug-likeness (QED) is 0.754. The van der Waals surface area contributed by atoms with Gasteiger partial charge in [-0.3, -0.25) is 14.5 Å². The maximum Gasteiger partial charge on any atom is 0.410 e. The van der Waals surface area contributed by atoms with Crippen molar-refractivity contribution in [2.24, 2.45) is 5.73 Å². The van der Waals surface area contributed by atoms with E-state index in [4.69, 9.17) is 10.5 Å². The number of amides is 5. The standard InChI is InChI=1S/C19H24N4O5/c1-18(2,3)28-17(27)22-9-8-19(11-22)15(25)23(16(26)21-19)10-12-4-6-13(7-5-12)14(20)24/h4-7H,8-11H2,1-3H3,(H2,20,24)(H,21,26). The molecule has 0 bridgehead atoms. The Kier molecular flexibility index (Phi) is 4.78. The first-order chi connectivity index (χ1) is 13.0. The average molecular weight is 388 g/mol. The summed E-state index contributed by atoms with van der Waals surface area (Å²) in [6, 6.07) is 5.88. The minimum atomic E-state index is -1.12. The fourth-order valence-electron chi connectivity index (χ4n) is 3.35. The van der Waals surface area contributed by atoms with Crippen LogP contribution in [0.2, 0.25) is 0 Å². The Morgan fingerprint density at radius 3 is 2.43 bits per heavy atom. The van der Waals surface area contributed by atoms with Crippen molar-refractivity contribution in [3.63, 3.8) is 0 Å². The maximum atomic E-state index is 13.0. The third-order valence-corrected chi connectivity index (χ3v) is 4.75. The Bertz CT molecular complexity index is 830. The van der Waals surface area contributed by atoms with E-state index in [1.165, 1.54) is 4.90 Å². The van der Waals surface area contributed by atoms with Crippen molar-refractivity contribution < 1.29 is 23.9 Å². The molecule has 2 aliphatic rings. The molecule has 1 aromatic rings. The van der Waals surface area contributed by atoms with E-state index in [0.717, 1.165) is 4.90 Å². The summed E-state index contributed by atoms with van der Waals surface area (Å²) in [5, 5.41) is 2.74. The van der Waals surface area contributed by atoms with Gasteiger partial charge in [-0.05, 0) is 44.9 Å². The summed E-state index contributed by atoms with van der Waals surface area (Å²) in [6.07, 6.45) is -0.180. The van der Waals surface area contributed by atoms with Crippen molar-refractivity contribution in [3.8, 4) is 0 Å². The van der Waals surface area contributed by atoms with Gasteiger partial charge >= 0.3 is 12.1 Å². The predicted octanol–water partition coefficient (Wildman–Crippen LogP) is 1.22. The summed E-state index contributed by atoms with van der Waals surface area (Å²) >= 11 is 0. The maximum absolute atomic E-state index is 13.0. The number of urea groups is 1. The second kappa shape index (κ2) is 6.81. The average Bonchev–Trinajstić information content (AvgIpc) is 3.11. The van der Waals surface area contributed by atoms with Gasteiger partial charge in [0.05, 0.1) is 13.1 Å². The summed E-state index contributed by atoms with van der Waals surface area (Å²) in [5.74, 6) is -0.920. The minimum absolute atomic E-state index is 0.0674. The monoisotopic (exact) mass is 388 g/mol. The van der Waals surface area contributed by atoms with E-state index in [9.17, 15) is 19.2 Å². The van der Waals surface area contributed by atoms with E-state index >= 15 is 0 Å². The van der Waals surface area contributed by atoms with E-state index in [1.807, 2.05) is 0 Å². The lowest BCUT2D eigenvalue weighted by atomic mass is 9.99. The van der Waals surface area contributed by atoms with Crippen molar-refractivity contribution in [1.82, 2.24) is 15.1 Å². The van der Waals surface area contributed by atoms with Crippen LogP contribution in [0.5, 0.6) is 0 Å². The Morgan fingerprint density at radius 2 is 1.86 bits per heavy atom. The van der Waals surface area contributed by atoms with Crippen LogP contribution in [0.25, 0.3) is 0 Å². The normalized spacial score (nSPS) is 22.0. The summed E-state index contributed by atoms with van der Waals surface area (Å²) in [7, 11) is 0. The molecule has 3 N–H and O–H groups in total. The van der Waals surface area contributed by atoms with E-state index < -0.39 is 29.2 Å². The molecular formula is C19H24N4O5. The molecule has 9 nitrogen and oxygen atoms in total. The van der Waals surface area contributed by atoms with Crippen LogP contribution < -0.4 is 11.1 Å². The Labute approximate surface area is 162 Å². The molecule has 2 aliphatic heterocycles. The molecule has 5 amide bonds. The summed E-state index contributed by atoms with van der Waals surface area (Å²) in [4.78, 5) is 51.4. The zero-order valence-electron chi connectivity index (χ0n) is 16.2. The van der Waals surface area contributed by atoms with Crippen LogP contribution in [-0.4, -0.2) is 58.0 Å². The molecule has 2 heterocycles. The highest BCUT2D eigenvalue weighted by Gasteiger charge is 2.55. The lowest BCUT2D eigenvalue weighted by Crippen LogP contribution is -2.50. The van der Waals surface area contributed by atoms with Gasteiger partial charge in [-0.1, -0.05) is 12.1 Å². The molecule has 2 saturated heterocycles. The van der Waals surface area contributed by atoms with E-state index in [2.05, 4.69) is 5.32 Å². The highest BCUT2D eigenvalue weighted by atomic mass is 16.6. The number of nitrogens with two attached hydrogens (primary N) is 1. The number of nitrogens with zero attached hydrogens (tertiary/aromatic N) is 2. The van der Waals surface area contributed by atoms with Gasteiger partial charge in [-0.25, -0.2) is 9.59 Å².